The molecule has 8 rings (SSSR count). The first-order chi connectivity index (χ1) is 21.1. The van der Waals surface area contributed by atoms with E-state index in [4.69, 9.17) is 14.2 Å². The number of aromatic nitrogens is 2. The summed E-state index contributed by atoms with van der Waals surface area (Å²) >= 11 is 1.57. The summed E-state index contributed by atoms with van der Waals surface area (Å²) in [6.07, 6.45) is 3.42. The number of alkyl halides is 3. The van der Waals surface area contributed by atoms with Crippen molar-refractivity contribution in [3.63, 3.8) is 0 Å². The van der Waals surface area contributed by atoms with Gasteiger partial charge in [0.15, 0.2) is 5.13 Å². The maximum atomic E-state index is 13.1. The molecular weight excluding hydrogens is 595 g/mol. The highest BCUT2D eigenvalue weighted by Crippen LogP contribution is 2.58. The topological polar surface area (TPSA) is 97.9 Å². The van der Waals surface area contributed by atoms with Crippen LogP contribution < -0.4 is 9.64 Å². The Morgan fingerprint density at radius 1 is 1.07 bits per heavy atom. The minimum absolute atomic E-state index is 0.0642. The molecule has 4 aliphatic rings. The number of carboxylic acids is 1. The lowest BCUT2D eigenvalue weighted by molar-refractivity contribution is -0.274. The number of hydrogen-bond donors (Lipinski definition) is 1. The first-order valence-electron chi connectivity index (χ1n) is 15.0. The molecule has 230 valence electrons. The molecule has 2 saturated heterocycles. The van der Waals surface area contributed by atoms with Crippen LogP contribution in [0.2, 0.25) is 0 Å². The van der Waals surface area contributed by atoms with Gasteiger partial charge in [-0.2, -0.15) is 0 Å². The molecule has 2 unspecified atom stereocenters. The van der Waals surface area contributed by atoms with Crippen LogP contribution in [0.5, 0.6) is 5.75 Å². The van der Waals surface area contributed by atoms with Gasteiger partial charge >= 0.3 is 12.3 Å². The van der Waals surface area contributed by atoms with Crippen LogP contribution in [0.25, 0.3) is 21.5 Å². The molecule has 2 aromatic heterocycles. The second-order valence-corrected chi connectivity index (χ2v) is 13.7. The van der Waals surface area contributed by atoms with E-state index in [2.05, 4.69) is 14.8 Å². The van der Waals surface area contributed by atoms with Crippen molar-refractivity contribution in [3.05, 3.63) is 59.4 Å². The Bertz CT molecular complexity index is 1730. The van der Waals surface area contributed by atoms with Gasteiger partial charge in [-0.15, -0.1) is 13.2 Å². The number of benzene rings is 2. The van der Waals surface area contributed by atoms with E-state index in [1.165, 1.54) is 12.1 Å². The van der Waals surface area contributed by atoms with Gasteiger partial charge in [-0.05, 0) is 87.1 Å². The SMILES string of the molecule is O=C(O)c1ccc2nc(N3C4CCC3CC3(CC(OCc5c(-c6ccccc6OC(F)(F)F)noc5C5CC5)C3)C4)sc2c1. The van der Waals surface area contributed by atoms with E-state index < -0.39 is 12.3 Å². The molecule has 0 amide bonds. The number of rotatable bonds is 8. The summed E-state index contributed by atoms with van der Waals surface area (Å²) in [4.78, 5) is 18.8. The lowest BCUT2D eigenvalue weighted by Gasteiger charge is -2.54. The molecule has 44 heavy (non-hydrogen) atoms. The number of fused-ring (bicyclic) bond motifs is 3. The largest absolute Gasteiger partial charge is 0.573 e. The second-order valence-electron chi connectivity index (χ2n) is 12.7. The summed E-state index contributed by atoms with van der Waals surface area (Å²) in [7, 11) is 0. The Balaban J connectivity index is 0.953. The molecule has 1 N–H and O–H groups in total. The molecule has 4 fully saturated rings. The van der Waals surface area contributed by atoms with E-state index in [0.717, 1.165) is 66.7 Å². The summed E-state index contributed by atoms with van der Waals surface area (Å²) in [5.41, 5.74) is 2.61. The van der Waals surface area contributed by atoms with Gasteiger partial charge in [0.25, 0.3) is 0 Å². The summed E-state index contributed by atoms with van der Waals surface area (Å²) in [6, 6.07) is 11.9. The fourth-order valence-corrected chi connectivity index (χ4v) is 8.84. The quantitative estimate of drug-likeness (QED) is 0.211. The number of ether oxygens (including phenoxy) is 2. The number of anilines is 1. The van der Waals surface area contributed by atoms with E-state index in [0.29, 0.717) is 29.1 Å². The fourth-order valence-electron chi connectivity index (χ4n) is 7.69. The zero-order valence-corrected chi connectivity index (χ0v) is 24.5. The zero-order valence-electron chi connectivity index (χ0n) is 23.7. The van der Waals surface area contributed by atoms with Crippen LogP contribution in [-0.4, -0.2) is 45.8 Å². The summed E-state index contributed by atoms with van der Waals surface area (Å²) in [5.74, 6) is -0.324. The third-order valence-electron chi connectivity index (χ3n) is 9.72. The van der Waals surface area contributed by atoms with Crippen LogP contribution in [0.15, 0.2) is 47.0 Å². The predicted octanol–water partition coefficient (Wildman–Crippen LogP) is 7.92. The molecule has 12 heteroatoms. The Kier molecular flexibility index (Phi) is 6.46. The van der Waals surface area contributed by atoms with E-state index in [9.17, 15) is 23.1 Å². The average Bonchev–Trinajstić information content (AvgIpc) is 3.48. The van der Waals surface area contributed by atoms with Crippen molar-refractivity contribution in [2.75, 3.05) is 4.90 Å². The van der Waals surface area contributed by atoms with E-state index in [1.54, 1.807) is 41.7 Å². The lowest BCUT2D eigenvalue weighted by atomic mass is 9.59. The van der Waals surface area contributed by atoms with Gasteiger partial charge in [0.2, 0.25) is 0 Å². The highest BCUT2D eigenvalue weighted by atomic mass is 32.1. The smallest absolute Gasteiger partial charge is 0.478 e. The maximum absolute atomic E-state index is 13.1. The third kappa shape index (κ3) is 5.01. The molecule has 4 aromatic rings. The van der Waals surface area contributed by atoms with E-state index >= 15 is 0 Å². The summed E-state index contributed by atoms with van der Waals surface area (Å²) in [6.45, 7) is 0.231. The Morgan fingerprint density at radius 3 is 2.52 bits per heavy atom. The number of hydrogen-bond acceptors (Lipinski definition) is 8. The minimum Gasteiger partial charge on any atom is -0.478 e. The molecule has 8 nitrogen and oxygen atoms in total. The summed E-state index contributed by atoms with van der Waals surface area (Å²) in [5, 5.41) is 14.5. The Morgan fingerprint density at radius 2 is 1.82 bits per heavy atom. The average molecular weight is 626 g/mol. The third-order valence-corrected chi connectivity index (χ3v) is 10.8. The van der Waals surface area contributed by atoms with E-state index in [-0.39, 0.29) is 40.9 Å². The predicted molar refractivity (Wildman–Crippen MR) is 156 cm³/mol. The molecular formula is C32H30F3N3O5S. The molecule has 1 spiro atoms. The molecule has 4 heterocycles. The van der Waals surface area contributed by atoms with Gasteiger partial charge < -0.3 is 24.0 Å². The number of thiazole rings is 1. The molecule has 2 saturated carbocycles. The highest BCUT2D eigenvalue weighted by molar-refractivity contribution is 7.22. The number of carbonyl (C=O) groups is 1. The van der Waals surface area contributed by atoms with Gasteiger partial charge in [0.05, 0.1) is 28.5 Å². The highest BCUT2D eigenvalue weighted by Gasteiger charge is 2.55. The van der Waals surface area contributed by atoms with Gasteiger partial charge in [-0.25, -0.2) is 9.78 Å². The summed E-state index contributed by atoms with van der Waals surface area (Å²) < 4.78 is 56.6. The minimum atomic E-state index is -4.82. The molecule has 0 radical (unpaired) electrons. The van der Waals surface area contributed by atoms with Crippen LogP contribution in [0.1, 0.15) is 79.0 Å². The zero-order chi connectivity index (χ0) is 30.2. The van der Waals surface area contributed by atoms with Gasteiger partial charge in [0.1, 0.15) is 17.2 Å². The Hall–Kier alpha value is -3.64. The number of piperidine rings is 1. The standard InChI is InChI=1S/C32H30F3N3O5S/c33-32(34,35)42-25-4-2-1-3-22(25)27-23(28(43-37-27)17-5-6-17)16-41-21-14-31(15-21)12-19-8-9-20(13-31)38(19)30-36-24-10-7-18(29(39)40)11-26(24)44-30/h1-4,7,10-11,17,19-21H,5-6,8-9,12-16H2,(H,39,40). The lowest BCUT2D eigenvalue weighted by Crippen LogP contribution is -2.54. The number of halogens is 3. The monoisotopic (exact) mass is 625 g/mol. The molecule has 2 atom stereocenters. The van der Waals surface area contributed by atoms with Crippen LogP contribution in [0, 0.1) is 5.41 Å². The van der Waals surface area contributed by atoms with Crippen molar-refractivity contribution in [2.24, 2.45) is 5.41 Å². The van der Waals surface area contributed by atoms with Crippen molar-refractivity contribution in [3.8, 4) is 17.0 Å². The van der Waals surface area contributed by atoms with Gasteiger partial charge in [0, 0.05) is 29.1 Å². The van der Waals surface area contributed by atoms with Crippen LogP contribution in [0.4, 0.5) is 18.3 Å². The van der Waals surface area contributed by atoms with E-state index in [1.807, 2.05) is 0 Å². The van der Waals surface area contributed by atoms with Crippen LogP contribution in [0.3, 0.4) is 0 Å². The number of para-hydroxylation sites is 1. The Labute approximate surface area is 254 Å². The molecule has 2 aliphatic heterocycles. The first kappa shape index (κ1) is 27.9. The maximum Gasteiger partial charge on any atom is 0.573 e. The van der Waals surface area contributed by atoms with Crippen molar-refractivity contribution in [1.29, 1.82) is 0 Å². The van der Waals surface area contributed by atoms with Crippen molar-refractivity contribution < 1.29 is 37.1 Å². The number of aromatic carboxylic acids is 1. The molecule has 2 aromatic carbocycles. The normalized spacial score (nSPS) is 26.3. The van der Waals surface area contributed by atoms with Crippen LogP contribution >= 0.6 is 11.3 Å². The van der Waals surface area contributed by atoms with Crippen molar-refractivity contribution >= 4 is 32.7 Å². The number of carboxylic acid groups (broad SMARTS) is 1. The fraction of sp³-hybridized carbons (Fsp3) is 0.469. The second kappa shape index (κ2) is 10.2. The van der Waals surface area contributed by atoms with Crippen molar-refractivity contribution in [2.45, 2.75) is 88.4 Å². The van der Waals surface area contributed by atoms with Gasteiger partial charge in [-0.1, -0.05) is 28.6 Å². The first-order valence-corrected chi connectivity index (χ1v) is 15.8. The molecule has 2 aliphatic carbocycles. The molecule has 2 bridgehead atoms. The van der Waals surface area contributed by atoms with Crippen LogP contribution in [-0.2, 0) is 11.3 Å². The van der Waals surface area contributed by atoms with Gasteiger partial charge in [-0.3, -0.25) is 0 Å². The number of nitrogens with zero attached hydrogens (tertiary/aromatic N) is 3. The van der Waals surface area contributed by atoms with Crippen molar-refractivity contribution in [1.82, 2.24) is 10.1 Å².